The van der Waals surface area contributed by atoms with E-state index in [2.05, 4.69) is 5.32 Å². The first-order chi connectivity index (χ1) is 11.5. The van der Waals surface area contributed by atoms with Crippen LogP contribution in [-0.2, 0) is 14.3 Å². The number of anilines is 1. The molecule has 1 N–H and O–H groups in total. The topological polar surface area (TPSA) is 64.6 Å². The van der Waals surface area contributed by atoms with Gasteiger partial charge >= 0.3 is 5.97 Å². The molecule has 1 atom stereocenters. The molecule has 0 heterocycles. The summed E-state index contributed by atoms with van der Waals surface area (Å²) in [6.45, 7) is 1.10. The van der Waals surface area contributed by atoms with Crippen LogP contribution in [0, 0.1) is 0 Å². The number of benzene rings is 2. The molecule has 0 radical (unpaired) electrons. The molecule has 0 saturated carbocycles. The van der Waals surface area contributed by atoms with Gasteiger partial charge in [-0.05, 0) is 43.3 Å². The zero-order valence-electron chi connectivity index (χ0n) is 12.8. The predicted octanol–water partition coefficient (Wildman–Crippen LogP) is 3.94. The van der Waals surface area contributed by atoms with Gasteiger partial charge < -0.3 is 14.8 Å². The highest BCUT2D eigenvalue weighted by atomic mass is 35.5. The molecular weight excluding hydrogens is 353 g/mol. The van der Waals surface area contributed by atoms with E-state index in [-0.39, 0.29) is 0 Å². The summed E-state index contributed by atoms with van der Waals surface area (Å²) in [5, 5.41) is 3.52. The minimum Gasteiger partial charge on any atom is -0.479 e. The van der Waals surface area contributed by atoms with Crippen LogP contribution in [-0.4, -0.2) is 24.6 Å². The summed E-state index contributed by atoms with van der Waals surface area (Å²) >= 11 is 11.7. The van der Waals surface area contributed by atoms with E-state index in [4.69, 9.17) is 32.7 Å². The summed E-state index contributed by atoms with van der Waals surface area (Å²) in [5.74, 6) is -0.668. The van der Waals surface area contributed by atoms with Gasteiger partial charge in [0.1, 0.15) is 5.75 Å². The second kappa shape index (κ2) is 8.57. The Hall–Kier alpha value is -2.24. The van der Waals surface area contributed by atoms with Crippen LogP contribution >= 0.6 is 23.2 Å². The van der Waals surface area contributed by atoms with Gasteiger partial charge in [-0.25, -0.2) is 4.79 Å². The Labute approximate surface area is 149 Å². The van der Waals surface area contributed by atoms with Crippen molar-refractivity contribution in [2.75, 3.05) is 11.9 Å². The number of hydrogen-bond donors (Lipinski definition) is 1. The quantitative estimate of drug-likeness (QED) is 0.785. The molecule has 0 fully saturated rings. The standard InChI is InChI=1S/C17H15Cl2NO4/c1-11(24-13-8-6-12(18)7-9-13)17(22)23-10-16(21)20-15-5-3-2-4-14(15)19/h2-9,11H,10H2,1H3,(H,20,21). The van der Waals surface area contributed by atoms with E-state index in [0.717, 1.165) is 0 Å². The lowest BCUT2D eigenvalue weighted by atomic mass is 10.3. The Morgan fingerprint density at radius 1 is 1.08 bits per heavy atom. The first-order valence-electron chi connectivity index (χ1n) is 7.09. The minimum absolute atomic E-state index is 0.400. The van der Waals surface area contributed by atoms with Gasteiger partial charge in [-0.15, -0.1) is 0 Å². The van der Waals surface area contributed by atoms with Crippen LogP contribution in [0.4, 0.5) is 5.69 Å². The lowest BCUT2D eigenvalue weighted by Gasteiger charge is -2.14. The molecule has 1 unspecified atom stereocenters. The molecule has 2 aromatic carbocycles. The summed E-state index contributed by atoms with van der Waals surface area (Å²) < 4.78 is 10.3. The van der Waals surface area contributed by atoms with E-state index in [1.165, 1.54) is 6.92 Å². The van der Waals surface area contributed by atoms with E-state index >= 15 is 0 Å². The fourth-order valence-corrected chi connectivity index (χ4v) is 2.08. The smallest absolute Gasteiger partial charge is 0.347 e. The fraction of sp³-hybridized carbons (Fsp3) is 0.176. The third kappa shape index (κ3) is 5.44. The summed E-state index contributed by atoms with van der Waals surface area (Å²) in [4.78, 5) is 23.6. The fourth-order valence-electron chi connectivity index (χ4n) is 1.77. The summed E-state index contributed by atoms with van der Waals surface area (Å²) in [6, 6.07) is 13.3. The molecule has 0 bridgehead atoms. The molecule has 0 spiro atoms. The van der Waals surface area contributed by atoms with E-state index in [0.29, 0.717) is 21.5 Å². The summed E-state index contributed by atoms with van der Waals surface area (Å²) in [5.41, 5.74) is 0.450. The van der Waals surface area contributed by atoms with Gasteiger partial charge in [0.25, 0.3) is 5.91 Å². The third-order valence-corrected chi connectivity index (χ3v) is 3.53. The average molecular weight is 368 g/mol. The number of para-hydroxylation sites is 1. The molecule has 126 valence electrons. The number of carbonyl (C=O) groups excluding carboxylic acids is 2. The third-order valence-electron chi connectivity index (χ3n) is 2.95. The minimum atomic E-state index is -0.862. The molecule has 0 aromatic heterocycles. The highest BCUT2D eigenvalue weighted by molar-refractivity contribution is 6.33. The SMILES string of the molecule is CC(Oc1ccc(Cl)cc1)C(=O)OCC(=O)Nc1ccccc1Cl. The number of ether oxygens (including phenoxy) is 2. The molecule has 24 heavy (non-hydrogen) atoms. The van der Waals surface area contributed by atoms with Crippen LogP contribution in [0.5, 0.6) is 5.75 Å². The van der Waals surface area contributed by atoms with Crippen molar-refractivity contribution in [2.24, 2.45) is 0 Å². The van der Waals surface area contributed by atoms with Crippen molar-refractivity contribution >= 4 is 40.8 Å². The highest BCUT2D eigenvalue weighted by Crippen LogP contribution is 2.20. The number of halogens is 2. The van der Waals surface area contributed by atoms with E-state index in [1.54, 1.807) is 48.5 Å². The van der Waals surface area contributed by atoms with Gasteiger partial charge in [-0.1, -0.05) is 35.3 Å². The van der Waals surface area contributed by atoms with Gasteiger partial charge in [-0.3, -0.25) is 4.79 Å². The second-order valence-electron chi connectivity index (χ2n) is 4.85. The Kier molecular flexibility index (Phi) is 6.46. The molecule has 0 aliphatic rings. The monoisotopic (exact) mass is 367 g/mol. The van der Waals surface area contributed by atoms with Crippen molar-refractivity contribution in [3.05, 3.63) is 58.6 Å². The van der Waals surface area contributed by atoms with Gasteiger partial charge in [-0.2, -0.15) is 0 Å². The van der Waals surface area contributed by atoms with Crippen molar-refractivity contribution in [1.29, 1.82) is 0 Å². The first kappa shape index (κ1) is 18.1. The van der Waals surface area contributed by atoms with Crippen LogP contribution in [0.3, 0.4) is 0 Å². The molecule has 0 saturated heterocycles. The molecule has 0 aliphatic carbocycles. The molecule has 7 heteroatoms. The van der Waals surface area contributed by atoms with Gasteiger partial charge in [0, 0.05) is 5.02 Å². The van der Waals surface area contributed by atoms with Crippen molar-refractivity contribution < 1.29 is 19.1 Å². The Morgan fingerprint density at radius 2 is 1.75 bits per heavy atom. The van der Waals surface area contributed by atoms with Gasteiger partial charge in [0.15, 0.2) is 12.7 Å². The van der Waals surface area contributed by atoms with Gasteiger partial charge in [0.05, 0.1) is 10.7 Å². The maximum atomic E-state index is 11.9. The molecule has 0 aliphatic heterocycles. The summed E-state index contributed by atoms with van der Waals surface area (Å²) in [6.07, 6.45) is -0.862. The Balaban J connectivity index is 1.80. The summed E-state index contributed by atoms with van der Waals surface area (Å²) in [7, 11) is 0. The molecule has 2 rings (SSSR count). The zero-order chi connectivity index (χ0) is 17.5. The van der Waals surface area contributed by atoms with Crippen LogP contribution in [0.2, 0.25) is 10.0 Å². The average Bonchev–Trinajstić information content (AvgIpc) is 2.57. The Morgan fingerprint density at radius 3 is 2.42 bits per heavy atom. The van der Waals surface area contributed by atoms with E-state index in [1.807, 2.05) is 0 Å². The Bertz CT molecular complexity index is 719. The normalized spacial score (nSPS) is 11.5. The molecule has 1 amide bonds. The second-order valence-corrected chi connectivity index (χ2v) is 5.69. The van der Waals surface area contributed by atoms with Crippen molar-refractivity contribution in [3.63, 3.8) is 0 Å². The van der Waals surface area contributed by atoms with Crippen LogP contribution < -0.4 is 10.1 Å². The van der Waals surface area contributed by atoms with Crippen LogP contribution in [0.15, 0.2) is 48.5 Å². The maximum absolute atomic E-state index is 11.9. The van der Waals surface area contributed by atoms with Crippen LogP contribution in [0.25, 0.3) is 0 Å². The molecule has 2 aromatic rings. The number of carbonyl (C=O) groups is 2. The predicted molar refractivity (Wildman–Crippen MR) is 92.6 cm³/mol. The number of hydrogen-bond acceptors (Lipinski definition) is 4. The molecular formula is C17H15Cl2NO4. The lowest BCUT2D eigenvalue weighted by Crippen LogP contribution is -2.29. The van der Waals surface area contributed by atoms with Crippen LogP contribution in [0.1, 0.15) is 6.92 Å². The largest absolute Gasteiger partial charge is 0.479 e. The number of nitrogens with one attached hydrogen (secondary N) is 1. The van der Waals surface area contributed by atoms with Crippen molar-refractivity contribution in [1.82, 2.24) is 0 Å². The lowest BCUT2D eigenvalue weighted by molar-refractivity contribution is -0.153. The maximum Gasteiger partial charge on any atom is 0.347 e. The van der Waals surface area contributed by atoms with E-state index in [9.17, 15) is 9.59 Å². The molecule has 5 nitrogen and oxygen atoms in total. The van der Waals surface area contributed by atoms with Crippen molar-refractivity contribution in [2.45, 2.75) is 13.0 Å². The number of esters is 1. The van der Waals surface area contributed by atoms with Gasteiger partial charge in [0.2, 0.25) is 0 Å². The highest BCUT2D eigenvalue weighted by Gasteiger charge is 2.18. The van der Waals surface area contributed by atoms with Crippen molar-refractivity contribution in [3.8, 4) is 5.75 Å². The number of rotatable bonds is 6. The number of amides is 1. The zero-order valence-corrected chi connectivity index (χ0v) is 14.3. The van der Waals surface area contributed by atoms with E-state index < -0.39 is 24.6 Å². The first-order valence-corrected chi connectivity index (χ1v) is 7.84.